The molecule has 0 unspecified atom stereocenters. The van der Waals surface area contributed by atoms with E-state index in [0.29, 0.717) is 42.0 Å². The number of halogens is 1. The number of likely N-dealkylation sites (tertiary alicyclic amines) is 1. The molecule has 5 N–H and O–H groups in total. The third-order valence-electron chi connectivity index (χ3n) is 10.1. The number of rotatable bonds is 9. The van der Waals surface area contributed by atoms with Crippen molar-refractivity contribution in [3.63, 3.8) is 0 Å². The lowest BCUT2D eigenvalue weighted by atomic mass is 9.67. The number of carbonyl (C=O) groups excluding carboxylic acids is 3. The van der Waals surface area contributed by atoms with E-state index in [1.807, 2.05) is 31.2 Å². The summed E-state index contributed by atoms with van der Waals surface area (Å²) in [6, 6.07) is 18.6. The van der Waals surface area contributed by atoms with Gasteiger partial charge in [0.2, 0.25) is 5.91 Å². The molecule has 2 aliphatic carbocycles. The molecule has 2 fully saturated rings. The van der Waals surface area contributed by atoms with Crippen molar-refractivity contribution in [2.45, 2.75) is 62.6 Å². The molecule has 11 heteroatoms. The monoisotopic (exact) mass is 649 g/mol. The Bertz CT molecular complexity index is 1750. The molecule has 3 aromatic carbocycles. The van der Waals surface area contributed by atoms with Crippen LogP contribution in [0.25, 0.3) is 0 Å². The number of amides is 3. The van der Waals surface area contributed by atoms with Crippen LogP contribution in [0.15, 0.2) is 60.7 Å². The number of anilines is 1. The Kier molecular flexibility index (Phi) is 9.03. The maximum absolute atomic E-state index is 13.9. The number of nitriles is 1. The molecule has 4 atom stereocenters. The molecule has 248 valence electrons. The summed E-state index contributed by atoms with van der Waals surface area (Å²) in [6.45, 7) is 2.01. The number of hydrogen-bond donors (Lipinski definition) is 5. The van der Waals surface area contributed by atoms with Crippen LogP contribution in [-0.4, -0.2) is 67.2 Å². The summed E-state index contributed by atoms with van der Waals surface area (Å²) in [4.78, 5) is 40.6. The van der Waals surface area contributed by atoms with Crippen LogP contribution in [-0.2, 0) is 23.1 Å². The Morgan fingerprint density at radius 2 is 1.54 bits per heavy atom. The highest BCUT2D eigenvalue weighted by molar-refractivity contribution is 6.05. The van der Waals surface area contributed by atoms with Crippen molar-refractivity contribution in [1.82, 2.24) is 20.9 Å². The van der Waals surface area contributed by atoms with Crippen molar-refractivity contribution in [1.29, 1.82) is 10.7 Å². The van der Waals surface area contributed by atoms with Gasteiger partial charge in [-0.1, -0.05) is 12.1 Å². The normalized spacial score (nSPS) is 20.6. The van der Waals surface area contributed by atoms with Gasteiger partial charge in [-0.3, -0.25) is 19.8 Å². The quantitative estimate of drug-likeness (QED) is 0.175. The third-order valence-corrected chi connectivity index (χ3v) is 10.1. The average molecular weight is 650 g/mol. The van der Waals surface area contributed by atoms with Gasteiger partial charge in [-0.25, -0.2) is 4.39 Å². The highest BCUT2D eigenvalue weighted by atomic mass is 19.1. The van der Waals surface area contributed by atoms with Crippen molar-refractivity contribution in [3.8, 4) is 6.07 Å². The minimum atomic E-state index is -1.13. The number of carbonyl (C=O) groups is 3. The van der Waals surface area contributed by atoms with Gasteiger partial charge in [0.15, 0.2) is 0 Å². The van der Waals surface area contributed by atoms with Gasteiger partial charge in [-0.2, -0.15) is 5.26 Å². The van der Waals surface area contributed by atoms with Crippen molar-refractivity contribution in [3.05, 3.63) is 99.9 Å². The second-order valence-electron chi connectivity index (χ2n) is 13.0. The number of amidine groups is 1. The summed E-state index contributed by atoms with van der Waals surface area (Å²) >= 11 is 0. The maximum Gasteiger partial charge on any atom is 0.251 e. The van der Waals surface area contributed by atoms with E-state index < -0.39 is 17.3 Å². The highest BCUT2D eigenvalue weighted by Crippen LogP contribution is 2.48. The molecule has 3 amide bonds. The van der Waals surface area contributed by atoms with Crippen LogP contribution in [0.2, 0.25) is 0 Å². The molecule has 0 bridgehead atoms. The van der Waals surface area contributed by atoms with Gasteiger partial charge in [-0.15, -0.1) is 0 Å². The van der Waals surface area contributed by atoms with Crippen LogP contribution in [0.1, 0.15) is 69.2 Å². The van der Waals surface area contributed by atoms with Crippen molar-refractivity contribution in [2.75, 3.05) is 26.0 Å². The zero-order chi connectivity index (χ0) is 34.2. The van der Waals surface area contributed by atoms with Crippen LogP contribution in [0.3, 0.4) is 0 Å². The van der Waals surface area contributed by atoms with E-state index in [2.05, 4.69) is 27.3 Å². The van der Waals surface area contributed by atoms with Gasteiger partial charge in [-0.05, 0) is 116 Å². The number of nitrogens with one attached hydrogen (secondary N) is 5. The van der Waals surface area contributed by atoms with Gasteiger partial charge in [0.1, 0.15) is 17.7 Å². The van der Waals surface area contributed by atoms with Crippen LogP contribution in [0.5, 0.6) is 0 Å². The Morgan fingerprint density at radius 1 is 0.958 bits per heavy atom. The van der Waals surface area contributed by atoms with E-state index in [-0.39, 0.29) is 42.2 Å². The van der Waals surface area contributed by atoms with Crippen LogP contribution < -0.4 is 21.3 Å². The third kappa shape index (κ3) is 6.04. The maximum atomic E-state index is 13.9. The fraction of sp³-hybridized carbons (Fsp3) is 0.378. The number of fused-ring (bicyclic) bond motifs is 3. The minimum Gasteiger partial charge on any atom is -0.355 e. The number of nitrogens with zero attached hydrogens (tertiary/aromatic N) is 2. The Morgan fingerprint density at radius 3 is 2.08 bits per heavy atom. The van der Waals surface area contributed by atoms with E-state index in [1.165, 1.54) is 12.1 Å². The fourth-order valence-electron chi connectivity index (χ4n) is 7.61. The molecule has 10 nitrogen and oxygen atoms in total. The van der Waals surface area contributed by atoms with Crippen LogP contribution in [0.4, 0.5) is 10.1 Å². The van der Waals surface area contributed by atoms with Gasteiger partial charge in [0.25, 0.3) is 11.8 Å². The van der Waals surface area contributed by atoms with Gasteiger partial charge >= 0.3 is 0 Å². The Hall–Kier alpha value is -5.08. The second kappa shape index (κ2) is 13.2. The summed E-state index contributed by atoms with van der Waals surface area (Å²) in [5, 5.41) is 31.4. The first-order valence-corrected chi connectivity index (χ1v) is 16.4. The lowest BCUT2D eigenvalue weighted by molar-refractivity contribution is -0.131. The summed E-state index contributed by atoms with van der Waals surface area (Å²) in [6.07, 6.45) is 3.12. The smallest absolute Gasteiger partial charge is 0.251 e. The summed E-state index contributed by atoms with van der Waals surface area (Å²) < 4.78 is 13.9. The Balaban J connectivity index is 1.44. The lowest BCUT2D eigenvalue weighted by Crippen LogP contribution is -2.49. The standard InChI is InChI=1S/C37H40FN7O3/c1-21(43-20-33(46)45-29(19-39)16-26-17-32(26)45)18-37(36(40)44-28-10-8-27(38)9-11-28)30-12-6-24(34(47)41-2)14-22(30)4-5-23-15-25(35(48)42-3)7-13-31(23)37/h6-15,21,26,29,32,43H,4-5,16-18,20H2,1-3H3,(H2,40,44)(H,41,47)(H,42,48)/t21-,26+,29-,32-/m0/s1. The van der Waals surface area contributed by atoms with Gasteiger partial charge in [0, 0.05) is 43.0 Å². The molecule has 0 aromatic heterocycles. The molecule has 3 aromatic rings. The van der Waals surface area contributed by atoms with Gasteiger partial charge in [0.05, 0.1) is 18.0 Å². The fourth-order valence-corrected chi connectivity index (χ4v) is 7.61. The molecule has 6 rings (SSSR count). The van der Waals surface area contributed by atoms with E-state index in [1.54, 1.807) is 43.3 Å². The van der Waals surface area contributed by atoms with Gasteiger partial charge < -0.3 is 26.2 Å². The largest absolute Gasteiger partial charge is 0.355 e. The summed E-state index contributed by atoms with van der Waals surface area (Å²) in [7, 11) is 3.16. The molecule has 1 aliphatic heterocycles. The Labute approximate surface area is 279 Å². The predicted octanol–water partition coefficient (Wildman–Crippen LogP) is 3.90. The molecule has 1 saturated heterocycles. The summed E-state index contributed by atoms with van der Waals surface area (Å²) in [5.74, 6) is -0.420. The second-order valence-corrected chi connectivity index (χ2v) is 13.0. The lowest BCUT2D eigenvalue weighted by Gasteiger charge is -2.39. The first kappa shape index (κ1) is 32.8. The van der Waals surface area contributed by atoms with E-state index in [4.69, 9.17) is 0 Å². The molecule has 0 radical (unpaired) electrons. The number of benzene rings is 3. The number of piperidine rings is 1. The van der Waals surface area contributed by atoms with Crippen molar-refractivity contribution in [2.24, 2.45) is 5.92 Å². The average Bonchev–Trinajstić information content (AvgIpc) is 3.79. The predicted molar refractivity (Wildman–Crippen MR) is 180 cm³/mol. The minimum absolute atomic E-state index is 0.0440. The number of aryl methyl sites for hydroxylation is 2. The summed E-state index contributed by atoms with van der Waals surface area (Å²) in [5.41, 5.74) is 3.81. The number of hydrogen-bond acceptors (Lipinski definition) is 6. The molecule has 3 aliphatic rings. The molecule has 1 heterocycles. The van der Waals surface area contributed by atoms with Crippen LogP contribution in [0, 0.1) is 28.5 Å². The first-order valence-electron chi connectivity index (χ1n) is 16.4. The molecular formula is C37H40FN7O3. The van der Waals surface area contributed by atoms with Crippen molar-refractivity contribution >= 4 is 29.2 Å². The molecular weight excluding hydrogens is 609 g/mol. The molecule has 48 heavy (non-hydrogen) atoms. The van der Waals surface area contributed by atoms with E-state index in [9.17, 15) is 29.4 Å². The molecule has 1 saturated carbocycles. The van der Waals surface area contributed by atoms with Crippen LogP contribution >= 0.6 is 0 Å². The topological polar surface area (TPSA) is 150 Å². The van der Waals surface area contributed by atoms with Crippen molar-refractivity contribution < 1.29 is 18.8 Å². The molecule has 0 spiro atoms. The zero-order valence-electron chi connectivity index (χ0n) is 27.3. The van der Waals surface area contributed by atoms with E-state index in [0.717, 1.165) is 35.1 Å². The SMILES string of the molecule is CNC(=O)c1ccc2c(c1)CCc1cc(C(=O)NC)ccc1C2(C[C@H](C)NCC(=O)N1[C@H](C#N)C[C@@H]2C[C@@H]21)C(=N)Nc1ccc(F)cc1. The highest BCUT2D eigenvalue weighted by Gasteiger charge is 2.54. The zero-order valence-corrected chi connectivity index (χ0v) is 27.3. The van der Waals surface area contributed by atoms with E-state index >= 15 is 0 Å². The first-order chi connectivity index (χ1) is 23.1.